The van der Waals surface area contributed by atoms with Gasteiger partial charge >= 0.3 is 0 Å². The molecular weight excluding hydrogens is 409 g/mol. The zero-order valence-corrected chi connectivity index (χ0v) is 15.0. The Kier molecular flexibility index (Phi) is 7.58. The fourth-order valence-electron chi connectivity index (χ4n) is 1.82. The molecule has 7 heteroatoms. The molecule has 0 bridgehead atoms. The molecule has 0 unspecified atom stereocenters. The summed E-state index contributed by atoms with van der Waals surface area (Å²) in [6.45, 7) is 2.54. The number of rotatable bonds is 6. The van der Waals surface area contributed by atoms with E-state index < -0.39 is 0 Å². The first-order chi connectivity index (χ1) is 9.20. The van der Waals surface area contributed by atoms with Gasteiger partial charge in [0, 0.05) is 42.1 Å². The van der Waals surface area contributed by atoms with Crippen molar-refractivity contribution in [2.75, 3.05) is 13.7 Å². The van der Waals surface area contributed by atoms with Crippen LogP contribution in [0.1, 0.15) is 5.56 Å². The first-order valence-electron chi connectivity index (χ1n) is 5.89. The maximum atomic E-state index is 5.41. The molecule has 1 N–H and O–H groups in total. The minimum atomic E-state index is 0. The summed E-state index contributed by atoms with van der Waals surface area (Å²) >= 11 is 6.99. The number of halogens is 3. The molecule has 110 valence electrons. The number of aromatic nitrogens is 2. The molecule has 0 spiro atoms. The number of hydrogen-bond acceptors (Lipinski definition) is 3. The van der Waals surface area contributed by atoms with Crippen LogP contribution < -0.4 is 10.1 Å². The summed E-state index contributed by atoms with van der Waals surface area (Å²) in [4.78, 5) is 4.01. The number of methoxy groups -OCH3 is 1. The van der Waals surface area contributed by atoms with Crippen molar-refractivity contribution in [1.29, 1.82) is 0 Å². The lowest BCUT2D eigenvalue weighted by Crippen LogP contribution is -2.19. The smallest absolute Gasteiger partial charge is 0.137 e. The lowest BCUT2D eigenvalue weighted by atomic mass is 10.2. The van der Waals surface area contributed by atoms with E-state index in [9.17, 15) is 0 Å². The minimum Gasteiger partial charge on any atom is -0.495 e. The second kappa shape index (κ2) is 8.67. The Morgan fingerprint density at radius 2 is 2.15 bits per heavy atom. The van der Waals surface area contributed by atoms with Gasteiger partial charge in [-0.3, -0.25) is 0 Å². The Labute approximate surface area is 141 Å². The van der Waals surface area contributed by atoms with Gasteiger partial charge < -0.3 is 14.6 Å². The third-order valence-electron chi connectivity index (χ3n) is 2.71. The van der Waals surface area contributed by atoms with Crippen molar-refractivity contribution in [2.24, 2.45) is 0 Å². The van der Waals surface area contributed by atoms with Crippen LogP contribution in [0.3, 0.4) is 0 Å². The van der Waals surface area contributed by atoms with E-state index in [1.807, 2.05) is 23.2 Å². The van der Waals surface area contributed by atoms with Crippen LogP contribution in [0.5, 0.6) is 5.75 Å². The Morgan fingerprint density at radius 1 is 1.35 bits per heavy atom. The molecule has 4 nitrogen and oxygen atoms in total. The third kappa shape index (κ3) is 4.77. The quantitative estimate of drug-likeness (QED) is 0.719. The van der Waals surface area contributed by atoms with Gasteiger partial charge in [0.2, 0.25) is 0 Å². The van der Waals surface area contributed by atoms with E-state index in [0.29, 0.717) is 0 Å². The number of benzene rings is 1. The van der Waals surface area contributed by atoms with Crippen molar-refractivity contribution >= 4 is 44.3 Å². The fraction of sp³-hybridized carbons (Fsp3) is 0.308. The van der Waals surface area contributed by atoms with E-state index in [4.69, 9.17) is 4.74 Å². The second-order valence-corrected chi connectivity index (χ2v) is 5.83. The van der Waals surface area contributed by atoms with Crippen LogP contribution in [0, 0.1) is 0 Å². The highest BCUT2D eigenvalue weighted by Crippen LogP contribution is 2.32. The number of nitrogens with zero attached hydrogens (tertiary/aromatic N) is 2. The van der Waals surface area contributed by atoms with Gasteiger partial charge in [0.05, 0.1) is 17.9 Å². The molecule has 2 rings (SSSR count). The average Bonchev–Trinajstić information content (AvgIpc) is 2.87. The van der Waals surface area contributed by atoms with Gasteiger partial charge in [0.1, 0.15) is 5.75 Å². The molecule has 2 aromatic rings. The lowest BCUT2D eigenvalue weighted by Gasteiger charge is -2.12. The van der Waals surface area contributed by atoms with E-state index in [1.54, 1.807) is 13.3 Å². The summed E-state index contributed by atoms with van der Waals surface area (Å²) in [5, 5.41) is 3.40. The molecule has 0 atom stereocenters. The first-order valence-corrected chi connectivity index (χ1v) is 7.47. The summed E-state index contributed by atoms with van der Waals surface area (Å²) in [7, 11) is 1.68. The molecule has 20 heavy (non-hydrogen) atoms. The number of nitrogens with one attached hydrogen (secondary N) is 1. The van der Waals surface area contributed by atoms with Gasteiger partial charge in [-0.1, -0.05) is 15.9 Å². The SMILES string of the molecule is COc1c(Br)cc(Br)cc1CNCCn1ccnc1.Cl. The Morgan fingerprint density at radius 3 is 2.80 bits per heavy atom. The molecule has 0 aliphatic rings. The van der Waals surface area contributed by atoms with Gasteiger partial charge in [0.15, 0.2) is 0 Å². The van der Waals surface area contributed by atoms with Crippen molar-refractivity contribution < 1.29 is 4.74 Å². The molecule has 0 fully saturated rings. The number of hydrogen-bond donors (Lipinski definition) is 1. The van der Waals surface area contributed by atoms with Crippen molar-refractivity contribution in [1.82, 2.24) is 14.9 Å². The molecule has 0 radical (unpaired) electrons. The van der Waals surface area contributed by atoms with Crippen LogP contribution in [0.15, 0.2) is 39.8 Å². The molecular formula is C13H16Br2ClN3O. The molecule has 1 aromatic heterocycles. The van der Waals surface area contributed by atoms with Gasteiger partial charge in [0.25, 0.3) is 0 Å². The zero-order chi connectivity index (χ0) is 13.7. The maximum Gasteiger partial charge on any atom is 0.137 e. The van der Waals surface area contributed by atoms with Crippen LogP contribution in [0.4, 0.5) is 0 Å². The van der Waals surface area contributed by atoms with Crippen molar-refractivity contribution in [2.45, 2.75) is 13.1 Å². The van der Waals surface area contributed by atoms with Crippen molar-refractivity contribution in [3.8, 4) is 5.75 Å². The van der Waals surface area contributed by atoms with Gasteiger partial charge in [-0.05, 0) is 28.1 Å². The Balaban J connectivity index is 0.00000200. The highest BCUT2D eigenvalue weighted by Gasteiger charge is 2.08. The van der Waals surface area contributed by atoms with E-state index in [-0.39, 0.29) is 12.4 Å². The van der Waals surface area contributed by atoms with Crippen LogP contribution in [-0.2, 0) is 13.1 Å². The standard InChI is InChI=1S/C13H15Br2N3O.ClH/c1-19-13-10(6-11(14)7-12(13)15)8-16-2-4-18-5-3-17-9-18;/h3,5-7,9,16H,2,4,8H2,1H3;1H. The molecule has 0 amide bonds. The molecule has 0 aliphatic carbocycles. The Hall–Kier alpha value is -0.560. The molecule has 0 saturated carbocycles. The van der Waals surface area contributed by atoms with Crippen LogP contribution >= 0.6 is 44.3 Å². The largest absolute Gasteiger partial charge is 0.495 e. The van der Waals surface area contributed by atoms with Gasteiger partial charge in [-0.15, -0.1) is 12.4 Å². The molecule has 1 aromatic carbocycles. The second-order valence-electron chi connectivity index (χ2n) is 4.06. The minimum absolute atomic E-state index is 0. The van der Waals surface area contributed by atoms with E-state index in [0.717, 1.165) is 39.9 Å². The highest BCUT2D eigenvalue weighted by molar-refractivity contribution is 9.11. The van der Waals surface area contributed by atoms with Gasteiger partial charge in [-0.25, -0.2) is 4.98 Å². The van der Waals surface area contributed by atoms with Crippen LogP contribution in [-0.4, -0.2) is 23.2 Å². The fourth-order valence-corrected chi connectivity index (χ4v) is 3.30. The predicted octanol–water partition coefficient (Wildman–Crippen LogP) is 3.63. The number of ether oxygens (including phenoxy) is 1. The monoisotopic (exact) mass is 423 g/mol. The topological polar surface area (TPSA) is 39.1 Å². The molecule has 0 saturated heterocycles. The van der Waals surface area contributed by atoms with E-state index >= 15 is 0 Å². The molecule has 0 aliphatic heterocycles. The van der Waals surface area contributed by atoms with Gasteiger partial charge in [-0.2, -0.15) is 0 Å². The summed E-state index contributed by atoms with van der Waals surface area (Å²) in [6.07, 6.45) is 5.56. The molecule has 1 heterocycles. The average molecular weight is 426 g/mol. The maximum absolute atomic E-state index is 5.41. The Bertz CT molecular complexity index is 535. The van der Waals surface area contributed by atoms with Crippen molar-refractivity contribution in [3.05, 3.63) is 45.4 Å². The van der Waals surface area contributed by atoms with E-state index in [1.165, 1.54) is 0 Å². The number of imidazole rings is 1. The van der Waals surface area contributed by atoms with Crippen molar-refractivity contribution in [3.63, 3.8) is 0 Å². The van der Waals surface area contributed by atoms with Crippen LogP contribution in [0.25, 0.3) is 0 Å². The predicted molar refractivity (Wildman–Crippen MR) is 89.6 cm³/mol. The summed E-state index contributed by atoms with van der Waals surface area (Å²) in [6, 6.07) is 4.04. The lowest BCUT2D eigenvalue weighted by molar-refractivity contribution is 0.404. The zero-order valence-electron chi connectivity index (χ0n) is 11.0. The third-order valence-corrected chi connectivity index (χ3v) is 3.76. The highest BCUT2D eigenvalue weighted by atomic mass is 79.9. The normalized spacial score (nSPS) is 10.2. The van der Waals surface area contributed by atoms with E-state index in [2.05, 4.69) is 48.2 Å². The van der Waals surface area contributed by atoms with Crippen LogP contribution in [0.2, 0.25) is 0 Å². The first kappa shape index (κ1) is 17.5. The summed E-state index contributed by atoms with van der Waals surface area (Å²) in [5.41, 5.74) is 1.12. The summed E-state index contributed by atoms with van der Waals surface area (Å²) < 4.78 is 9.44. The summed E-state index contributed by atoms with van der Waals surface area (Å²) in [5.74, 6) is 0.873.